The number of unbranched alkanes of at least 4 members (excludes halogenated alkanes) is 1. The van der Waals surface area contributed by atoms with E-state index in [4.69, 9.17) is 0 Å². The maximum Gasteiger partial charge on any atom is 0.346 e. The first kappa shape index (κ1) is 18.0. The molecular formula is C19H30N4O2. The predicted octanol–water partition coefficient (Wildman–Crippen LogP) is 2.22. The summed E-state index contributed by atoms with van der Waals surface area (Å²) in [6.45, 7) is 8.56. The second kappa shape index (κ2) is 7.58. The average molecular weight is 346 g/mol. The Morgan fingerprint density at radius 2 is 2.04 bits per heavy atom. The van der Waals surface area contributed by atoms with E-state index in [0.29, 0.717) is 18.4 Å². The van der Waals surface area contributed by atoms with Crippen molar-refractivity contribution in [3.63, 3.8) is 0 Å². The number of likely N-dealkylation sites (tertiary alicyclic amines) is 1. The lowest BCUT2D eigenvalue weighted by atomic mass is 9.83. The van der Waals surface area contributed by atoms with E-state index >= 15 is 0 Å². The van der Waals surface area contributed by atoms with Gasteiger partial charge in [-0.2, -0.15) is 5.10 Å². The summed E-state index contributed by atoms with van der Waals surface area (Å²) in [5, 5.41) is 4.44. The zero-order valence-corrected chi connectivity index (χ0v) is 15.7. The molecule has 0 aromatic carbocycles. The van der Waals surface area contributed by atoms with Gasteiger partial charge in [0, 0.05) is 26.1 Å². The monoisotopic (exact) mass is 346 g/mol. The molecule has 6 heteroatoms. The normalized spacial score (nSPS) is 22.8. The molecule has 138 valence electrons. The Bertz CT molecular complexity index is 715. The van der Waals surface area contributed by atoms with Crippen LogP contribution in [-0.2, 0) is 24.3 Å². The van der Waals surface area contributed by atoms with Crippen molar-refractivity contribution in [2.45, 2.75) is 66.0 Å². The highest BCUT2D eigenvalue weighted by molar-refractivity contribution is 5.76. The van der Waals surface area contributed by atoms with Crippen LogP contribution in [0.2, 0.25) is 0 Å². The molecule has 2 heterocycles. The fourth-order valence-electron chi connectivity index (χ4n) is 4.14. The second-order valence-electron chi connectivity index (χ2n) is 7.51. The molecule has 0 unspecified atom stereocenters. The Morgan fingerprint density at radius 3 is 2.76 bits per heavy atom. The third kappa shape index (κ3) is 3.72. The largest absolute Gasteiger partial charge is 0.346 e. The SMILES string of the molecule is CCCCc1nn(CC(=O)N2C[C@H]3CC(C)=CC[C@H]3C2)c(=O)n1CC. The van der Waals surface area contributed by atoms with Crippen LogP contribution in [0.1, 0.15) is 52.3 Å². The quantitative estimate of drug-likeness (QED) is 0.742. The number of carbonyl (C=O) groups excluding carboxylic acids is 1. The van der Waals surface area contributed by atoms with E-state index < -0.39 is 0 Å². The summed E-state index contributed by atoms with van der Waals surface area (Å²) in [4.78, 5) is 27.2. The molecule has 6 nitrogen and oxygen atoms in total. The molecular weight excluding hydrogens is 316 g/mol. The minimum atomic E-state index is -0.156. The van der Waals surface area contributed by atoms with E-state index in [2.05, 4.69) is 25.0 Å². The van der Waals surface area contributed by atoms with Gasteiger partial charge in [-0.25, -0.2) is 9.48 Å². The minimum absolute atomic E-state index is 0.0250. The van der Waals surface area contributed by atoms with Crippen LogP contribution in [-0.4, -0.2) is 38.2 Å². The number of rotatable bonds is 6. The number of carbonyl (C=O) groups is 1. The number of nitrogens with zero attached hydrogens (tertiary/aromatic N) is 4. The van der Waals surface area contributed by atoms with Crippen LogP contribution in [0.4, 0.5) is 0 Å². The van der Waals surface area contributed by atoms with Crippen molar-refractivity contribution in [3.8, 4) is 0 Å². The van der Waals surface area contributed by atoms with Gasteiger partial charge >= 0.3 is 5.69 Å². The van der Waals surface area contributed by atoms with Crippen LogP contribution >= 0.6 is 0 Å². The summed E-state index contributed by atoms with van der Waals surface area (Å²) in [5.41, 5.74) is 1.28. The molecule has 1 aromatic heterocycles. The molecule has 0 N–H and O–H groups in total. The summed E-state index contributed by atoms with van der Waals surface area (Å²) in [5.74, 6) is 1.99. The number of amides is 1. The fourth-order valence-corrected chi connectivity index (χ4v) is 4.14. The molecule has 0 bridgehead atoms. The molecule has 1 saturated heterocycles. The smallest absolute Gasteiger partial charge is 0.340 e. The maximum atomic E-state index is 12.7. The highest BCUT2D eigenvalue weighted by Crippen LogP contribution is 2.35. The van der Waals surface area contributed by atoms with Crippen molar-refractivity contribution in [1.82, 2.24) is 19.2 Å². The van der Waals surface area contributed by atoms with Crippen LogP contribution in [0.15, 0.2) is 16.4 Å². The molecule has 1 fully saturated rings. The van der Waals surface area contributed by atoms with Crippen LogP contribution < -0.4 is 5.69 Å². The molecule has 0 saturated carbocycles. The topological polar surface area (TPSA) is 60.1 Å². The first-order chi connectivity index (χ1) is 12.0. The van der Waals surface area contributed by atoms with Gasteiger partial charge < -0.3 is 4.90 Å². The van der Waals surface area contributed by atoms with Crippen molar-refractivity contribution in [1.29, 1.82) is 0 Å². The Balaban J connectivity index is 1.67. The molecule has 3 rings (SSSR count). The van der Waals surface area contributed by atoms with E-state index in [1.54, 1.807) is 4.57 Å². The number of fused-ring (bicyclic) bond motifs is 1. The van der Waals surface area contributed by atoms with E-state index in [1.165, 1.54) is 10.3 Å². The van der Waals surface area contributed by atoms with Gasteiger partial charge in [0.2, 0.25) is 5.91 Å². The average Bonchev–Trinajstić information content (AvgIpc) is 3.14. The van der Waals surface area contributed by atoms with Gasteiger partial charge in [-0.15, -0.1) is 0 Å². The van der Waals surface area contributed by atoms with Gasteiger partial charge in [0.15, 0.2) is 0 Å². The third-order valence-electron chi connectivity index (χ3n) is 5.64. The number of hydrogen-bond donors (Lipinski definition) is 0. The van der Waals surface area contributed by atoms with Crippen LogP contribution in [0.25, 0.3) is 0 Å². The zero-order valence-electron chi connectivity index (χ0n) is 15.7. The third-order valence-corrected chi connectivity index (χ3v) is 5.64. The molecule has 1 aliphatic carbocycles. The van der Waals surface area contributed by atoms with Gasteiger partial charge in [0.05, 0.1) is 0 Å². The van der Waals surface area contributed by atoms with Crippen molar-refractivity contribution in [3.05, 3.63) is 28.0 Å². The lowest BCUT2D eigenvalue weighted by Crippen LogP contribution is -2.36. The van der Waals surface area contributed by atoms with Crippen LogP contribution in [0, 0.1) is 11.8 Å². The molecule has 1 amide bonds. The molecule has 2 aliphatic rings. The number of allylic oxidation sites excluding steroid dienone is 2. The molecule has 1 aromatic rings. The zero-order chi connectivity index (χ0) is 18.0. The van der Waals surface area contributed by atoms with E-state index in [-0.39, 0.29) is 18.1 Å². The molecule has 0 radical (unpaired) electrons. The van der Waals surface area contributed by atoms with Crippen molar-refractivity contribution in [2.24, 2.45) is 11.8 Å². The summed E-state index contributed by atoms with van der Waals surface area (Å²) >= 11 is 0. The number of hydrogen-bond acceptors (Lipinski definition) is 3. The molecule has 2 atom stereocenters. The first-order valence-corrected chi connectivity index (χ1v) is 9.63. The van der Waals surface area contributed by atoms with Crippen molar-refractivity contribution >= 4 is 5.91 Å². The lowest BCUT2D eigenvalue weighted by molar-refractivity contribution is -0.131. The van der Waals surface area contributed by atoms with Crippen LogP contribution in [0.5, 0.6) is 0 Å². The Morgan fingerprint density at radius 1 is 1.28 bits per heavy atom. The summed E-state index contributed by atoms with van der Waals surface area (Å²) < 4.78 is 3.06. The van der Waals surface area contributed by atoms with Crippen LogP contribution in [0.3, 0.4) is 0 Å². The maximum absolute atomic E-state index is 12.7. The minimum Gasteiger partial charge on any atom is -0.340 e. The molecule has 25 heavy (non-hydrogen) atoms. The second-order valence-corrected chi connectivity index (χ2v) is 7.51. The number of aryl methyl sites for hydroxylation is 1. The van der Waals surface area contributed by atoms with Gasteiger partial charge in [-0.3, -0.25) is 9.36 Å². The predicted molar refractivity (Wildman–Crippen MR) is 97.3 cm³/mol. The Labute approximate surface area is 149 Å². The van der Waals surface area contributed by atoms with Gasteiger partial charge in [0.25, 0.3) is 0 Å². The lowest BCUT2D eigenvalue weighted by Gasteiger charge is -2.21. The van der Waals surface area contributed by atoms with Gasteiger partial charge in [-0.1, -0.05) is 25.0 Å². The highest BCUT2D eigenvalue weighted by Gasteiger charge is 2.36. The first-order valence-electron chi connectivity index (χ1n) is 9.63. The summed E-state index contributed by atoms with van der Waals surface area (Å²) in [6.07, 6.45) is 7.34. The van der Waals surface area contributed by atoms with Gasteiger partial charge in [0.1, 0.15) is 12.4 Å². The number of aromatic nitrogens is 3. The Hall–Kier alpha value is -1.85. The molecule has 1 aliphatic heterocycles. The Kier molecular flexibility index (Phi) is 5.45. The van der Waals surface area contributed by atoms with E-state index in [0.717, 1.165) is 51.0 Å². The highest BCUT2D eigenvalue weighted by atomic mass is 16.2. The van der Waals surface area contributed by atoms with Crippen molar-refractivity contribution in [2.75, 3.05) is 13.1 Å². The summed E-state index contributed by atoms with van der Waals surface area (Å²) in [7, 11) is 0. The van der Waals surface area contributed by atoms with Gasteiger partial charge in [-0.05, 0) is 44.9 Å². The fraction of sp³-hybridized carbons (Fsp3) is 0.737. The van der Waals surface area contributed by atoms with E-state index in [1.807, 2.05) is 11.8 Å². The molecule has 0 spiro atoms. The van der Waals surface area contributed by atoms with Crippen molar-refractivity contribution < 1.29 is 4.79 Å². The standard InChI is InChI=1S/C19H30N4O2/c1-4-6-7-17-20-23(19(25)22(17)5-2)13-18(24)21-11-15-9-8-14(3)10-16(15)12-21/h8,15-16H,4-7,9-13H2,1-3H3/t15-,16+/m0/s1. The summed E-state index contributed by atoms with van der Waals surface area (Å²) in [6, 6.07) is 0. The van der Waals surface area contributed by atoms with E-state index in [9.17, 15) is 9.59 Å².